The monoisotopic (exact) mass is 258 g/mol. The Hall–Kier alpha value is -1.12. The van der Waals surface area contributed by atoms with Crippen molar-refractivity contribution in [3.8, 4) is 0 Å². The summed E-state index contributed by atoms with van der Waals surface area (Å²) in [5.41, 5.74) is 3.13. The van der Waals surface area contributed by atoms with Gasteiger partial charge in [0.1, 0.15) is 0 Å². The molecular weight excluding hydrogens is 240 g/mol. The molecule has 1 aliphatic rings. The number of hydrogen-bond acceptors (Lipinski definition) is 2. The minimum atomic E-state index is -0.606. The molecule has 2 heteroatoms. The van der Waals surface area contributed by atoms with Crippen molar-refractivity contribution >= 4 is 11.3 Å². The van der Waals surface area contributed by atoms with Crippen molar-refractivity contribution in [1.82, 2.24) is 0 Å². The molecule has 0 amide bonds. The van der Waals surface area contributed by atoms with Crippen LogP contribution in [0.3, 0.4) is 0 Å². The number of rotatable bonds is 3. The highest BCUT2D eigenvalue weighted by molar-refractivity contribution is 7.09. The molecule has 2 aromatic rings. The Kier molecular flexibility index (Phi) is 3.00. The molecule has 0 saturated carbocycles. The molecule has 1 aromatic heterocycles. The van der Waals surface area contributed by atoms with Gasteiger partial charge in [-0.1, -0.05) is 29.8 Å². The Morgan fingerprint density at radius 3 is 3.00 bits per heavy atom. The Balaban J connectivity index is 1.82. The lowest BCUT2D eigenvalue weighted by atomic mass is 9.90. The van der Waals surface area contributed by atoms with Crippen LogP contribution >= 0.6 is 11.3 Å². The fourth-order valence-electron chi connectivity index (χ4n) is 2.86. The first-order valence-corrected chi connectivity index (χ1v) is 7.40. The topological polar surface area (TPSA) is 20.2 Å². The maximum Gasteiger partial charge on any atom is 0.0905 e. The van der Waals surface area contributed by atoms with E-state index in [1.54, 1.807) is 11.3 Å². The lowest BCUT2D eigenvalue weighted by molar-refractivity contribution is 0.0299. The van der Waals surface area contributed by atoms with Crippen LogP contribution in [0, 0.1) is 6.92 Å². The molecular formula is C16H18OS. The van der Waals surface area contributed by atoms with Gasteiger partial charge in [-0.2, -0.15) is 0 Å². The van der Waals surface area contributed by atoms with Crippen molar-refractivity contribution in [2.45, 2.75) is 38.2 Å². The van der Waals surface area contributed by atoms with E-state index < -0.39 is 5.60 Å². The van der Waals surface area contributed by atoms with Gasteiger partial charge in [-0.3, -0.25) is 0 Å². The molecule has 1 heterocycles. The zero-order valence-electron chi connectivity index (χ0n) is 10.6. The van der Waals surface area contributed by atoms with Crippen LogP contribution in [0.25, 0.3) is 0 Å². The Morgan fingerprint density at radius 2 is 2.22 bits per heavy atom. The number of aryl methyl sites for hydroxylation is 3. The molecule has 1 nitrogen and oxygen atoms in total. The molecule has 1 atom stereocenters. The predicted octanol–water partition coefficient (Wildman–Crippen LogP) is 3.82. The fraction of sp³-hybridized carbons (Fsp3) is 0.375. The smallest absolute Gasteiger partial charge is 0.0905 e. The summed E-state index contributed by atoms with van der Waals surface area (Å²) < 4.78 is 0. The molecule has 0 fully saturated rings. The zero-order chi connectivity index (χ0) is 12.6. The van der Waals surface area contributed by atoms with Crippen LogP contribution in [-0.4, -0.2) is 5.11 Å². The van der Waals surface area contributed by atoms with Crippen molar-refractivity contribution in [1.29, 1.82) is 0 Å². The van der Waals surface area contributed by atoms with Crippen LogP contribution in [0.5, 0.6) is 0 Å². The molecule has 0 saturated heterocycles. The van der Waals surface area contributed by atoms with E-state index in [0.717, 1.165) is 25.7 Å². The lowest BCUT2D eigenvalue weighted by Gasteiger charge is -2.24. The molecule has 1 aromatic carbocycles. The van der Waals surface area contributed by atoms with Crippen molar-refractivity contribution in [3.05, 3.63) is 57.3 Å². The third kappa shape index (κ3) is 2.11. The second-order valence-corrected chi connectivity index (χ2v) is 6.30. The van der Waals surface area contributed by atoms with Gasteiger partial charge in [-0.05, 0) is 55.2 Å². The van der Waals surface area contributed by atoms with Gasteiger partial charge in [0.05, 0.1) is 5.60 Å². The molecule has 1 aliphatic carbocycles. The summed E-state index contributed by atoms with van der Waals surface area (Å²) in [6, 6.07) is 10.7. The van der Waals surface area contributed by atoms with Gasteiger partial charge in [0.25, 0.3) is 0 Å². The third-order valence-corrected chi connectivity index (χ3v) is 4.88. The van der Waals surface area contributed by atoms with Gasteiger partial charge in [0, 0.05) is 4.88 Å². The lowest BCUT2D eigenvalue weighted by Crippen LogP contribution is -2.23. The summed E-state index contributed by atoms with van der Waals surface area (Å²) in [6.45, 7) is 2.10. The first-order chi connectivity index (χ1) is 8.67. The van der Waals surface area contributed by atoms with Crippen LogP contribution in [0.1, 0.15) is 34.4 Å². The average molecular weight is 258 g/mol. The number of thiophene rings is 1. The highest BCUT2D eigenvalue weighted by Crippen LogP contribution is 2.40. The van der Waals surface area contributed by atoms with Gasteiger partial charge in [-0.15, -0.1) is 11.3 Å². The van der Waals surface area contributed by atoms with Gasteiger partial charge in [0.15, 0.2) is 0 Å². The normalized spacial score (nSPS) is 22.1. The van der Waals surface area contributed by atoms with Gasteiger partial charge < -0.3 is 5.11 Å². The second kappa shape index (κ2) is 4.52. The Labute approximate surface area is 112 Å². The zero-order valence-corrected chi connectivity index (χ0v) is 11.5. The van der Waals surface area contributed by atoms with Gasteiger partial charge in [-0.25, -0.2) is 0 Å². The molecule has 0 spiro atoms. The Morgan fingerprint density at radius 1 is 1.33 bits per heavy atom. The van der Waals surface area contributed by atoms with E-state index in [2.05, 4.69) is 42.6 Å². The fourth-order valence-corrected chi connectivity index (χ4v) is 3.57. The van der Waals surface area contributed by atoms with E-state index in [1.165, 1.54) is 21.6 Å². The SMILES string of the molecule is Cc1ccc2c(c1)C(O)(CCc1cccs1)CC2. The van der Waals surface area contributed by atoms with E-state index in [0.29, 0.717) is 0 Å². The van der Waals surface area contributed by atoms with Gasteiger partial charge in [0.2, 0.25) is 0 Å². The number of hydrogen-bond donors (Lipinski definition) is 1. The summed E-state index contributed by atoms with van der Waals surface area (Å²) in [5.74, 6) is 0. The highest BCUT2D eigenvalue weighted by atomic mass is 32.1. The summed E-state index contributed by atoms with van der Waals surface area (Å²) in [5, 5.41) is 13.0. The standard InChI is InChI=1S/C16H18OS/c1-12-4-5-13-6-8-16(17,15(13)11-12)9-7-14-3-2-10-18-14/h2-5,10-11,17H,6-9H2,1H3. The summed E-state index contributed by atoms with van der Waals surface area (Å²) in [4.78, 5) is 1.37. The quantitative estimate of drug-likeness (QED) is 0.887. The van der Waals surface area contributed by atoms with Crippen LogP contribution in [0.15, 0.2) is 35.7 Å². The molecule has 94 valence electrons. The van der Waals surface area contributed by atoms with Crippen molar-refractivity contribution in [3.63, 3.8) is 0 Å². The van der Waals surface area contributed by atoms with E-state index >= 15 is 0 Å². The molecule has 0 radical (unpaired) electrons. The number of aliphatic hydroxyl groups is 1. The molecule has 0 bridgehead atoms. The van der Waals surface area contributed by atoms with Gasteiger partial charge >= 0.3 is 0 Å². The minimum Gasteiger partial charge on any atom is -0.385 e. The molecule has 18 heavy (non-hydrogen) atoms. The second-order valence-electron chi connectivity index (χ2n) is 5.27. The van der Waals surface area contributed by atoms with E-state index in [9.17, 15) is 5.11 Å². The summed E-state index contributed by atoms with van der Waals surface area (Å²) in [6.07, 6.45) is 3.69. The first kappa shape index (κ1) is 11.9. The summed E-state index contributed by atoms with van der Waals surface area (Å²) >= 11 is 1.78. The Bertz CT molecular complexity index is 544. The largest absolute Gasteiger partial charge is 0.385 e. The first-order valence-electron chi connectivity index (χ1n) is 6.52. The third-order valence-electron chi connectivity index (χ3n) is 3.94. The number of fused-ring (bicyclic) bond motifs is 1. The van der Waals surface area contributed by atoms with E-state index in [4.69, 9.17) is 0 Å². The molecule has 0 aliphatic heterocycles. The maximum atomic E-state index is 10.9. The average Bonchev–Trinajstić information content (AvgIpc) is 2.97. The predicted molar refractivity (Wildman–Crippen MR) is 76.0 cm³/mol. The molecule has 1 N–H and O–H groups in total. The number of benzene rings is 1. The minimum absolute atomic E-state index is 0.606. The molecule has 3 rings (SSSR count). The van der Waals surface area contributed by atoms with E-state index in [-0.39, 0.29) is 0 Å². The van der Waals surface area contributed by atoms with Crippen LogP contribution in [-0.2, 0) is 18.4 Å². The highest BCUT2D eigenvalue weighted by Gasteiger charge is 2.36. The van der Waals surface area contributed by atoms with Crippen LogP contribution in [0.2, 0.25) is 0 Å². The van der Waals surface area contributed by atoms with Crippen molar-refractivity contribution < 1.29 is 5.11 Å². The van der Waals surface area contributed by atoms with Crippen LogP contribution < -0.4 is 0 Å². The van der Waals surface area contributed by atoms with Crippen molar-refractivity contribution in [2.24, 2.45) is 0 Å². The van der Waals surface area contributed by atoms with E-state index in [1.807, 2.05) is 0 Å². The maximum absolute atomic E-state index is 10.9. The molecule has 1 unspecified atom stereocenters. The van der Waals surface area contributed by atoms with Crippen molar-refractivity contribution in [2.75, 3.05) is 0 Å². The van der Waals surface area contributed by atoms with Crippen LogP contribution in [0.4, 0.5) is 0 Å². The summed E-state index contributed by atoms with van der Waals surface area (Å²) in [7, 11) is 0.